The quantitative estimate of drug-likeness (QED) is 0.862. The molecule has 1 N–H and O–H groups in total. The molecule has 0 saturated carbocycles. The van der Waals surface area contributed by atoms with E-state index >= 15 is 0 Å². The largest absolute Gasteiger partial charge is 0.300 e. The molecule has 6 heteroatoms. The predicted octanol–water partition coefficient (Wildman–Crippen LogP) is 3.58. The zero-order valence-electron chi connectivity index (χ0n) is 12.2. The van der Waals surface area contributed by atoms with Crippen LogP contribution >= 0.6 is 23.2 Å². The Morgan fingerprint density at radius 3 is 2.48 bits per heavy atom. The van der Waals surface area contributed by atoms with E-state index in [-0.39, 0.29) is 5.91 Å². The highest BCUT2D eigenvalue weighted by Crippen LogP contribution is 2.22. The third kappa shape index (κ3) is 4.43. The number of carbonyl (C=O) groups is 1. The Bertz CT molecular complexity index is 548. The van der Waals surface area contributed by atoms with Gasteiger partial charge in [0.25, 0.3) is 5.91 Å². The number of piperidine rings is 1. The molecule has 1 aliphatic heterocycles. The van der Waals surface area contributed by atoms with Crippen molar-refractivity contribution in [2.24, 2.45) is 5.10 Å². The van der Waals surface area contributed by atoms with E-state index in [0.29, 0.717) is 21.7 Å². The van der Waals surface area contributed by atoms with Crippen LogP contribution in [0.1, 0.15) is 37.0 Å². The van der Waals surface area contributed by atoms with Crippen LogP contribution < -0.4 is 5.43 Å². The number of hydrazone groups is 1. The Morgan fingerprint density at radius 1 is 1.24 bits per heavy atom. The number of halogens is 2. The molecule has 2 rings (SSSR count). The van der Waals surface area contributed by atoms with Gasteiger partial charge in [0.1, 0.15) is 0 Å². The van der Waals surface area contributed by atoms with Crippen molar-refractivity contribution in [3.63, 3.8) is 0 Å². The van der Waals surface area contributed by atoms with Crippen LogP contribution in [0.2, 0.25) is 10.0 Å². The van der Waals surface area contributed by atoms with Crippen LogP contribution in [0, 0.1) is 0 Å². The van der Waals surface area contributed by atoms with Crippen molar-refractivity contribution in [3.05, 3.63) is 33.8 Å². The maximum Gasteiger partial charge on any atom is 0.271 e. The summed E-state index contributed by atoms with van der Waals surface area (Å²) in [5.74, 6) is -0.271. The first-order valence-electron chi connectivity index (χ1n) is 7.02. The van der Waals surface area contributed by atoms with Gasteiger partial charge in [0.05, 0.1) is 10.0 Å². The summed E-state index contributed by atoms with van der Waals surface area (Å²) in [6.07, 6.45) is 1.78. The lowest BCUT2D eigenvalue weighted by Gasteiger charge is -2.30. The number of hydrogen-bond acceptors (Lipinski definition) is 3. The second-order valence-electron chi connectivity index (χ2n) is 5.38. The number of nitrogens with zero attached hydrogens (tertiary/aromatic N) is 2. The highest BCUT2D eigenvalue weighted by Gasteiger charge is 2.17. The predicted molar refractivity (Wildman–Crippen MR) is 87.3 cm³/mol. The molecule has 4 nitrogen and oxygen atoms in total. The number of hydrogen-bond donors (Lipinski definition) is 1. The molecular formula is C15H19Cl2N3O. The number of carbonyl (C=O) groups excluding carboxylic acids is 1. The Morgan fingerprint density at radius 2 is 1.90 bits per heavy atom. The lowest BCUT2D eigenvalue weighted by Crippen LogP contribution is -2.39. The maximum atomic E-state index is 12.0. The zero-order chi connectivity index (χ0) is 15.4. The SMILES string of the molecule is CC(C)N1CCC(=NNC(=O)c2ccc(Cl)c(Cl)c2)CC1. The molecule has 0 spiro atoms. The third-order valence-electron chi connectivity index (χ3n) is 3.60. The summed E-state index contributed by atoms with van der Waals surface area (Å²) in [5.41, 5.74) is 4.07. The van der Waals surface area contributed by atoms with Crippen LogP contribution in [-0.4, -0.2) is 35.7 Å². The average Bonchev–Trinajstić information content (AvgIpc) is 2.48. The van der Waals surface area contributed by atoms with E-state index in [1.54, 1.807) is 18.2 Å². The maximum absolute atomic E-state index is 12.0. The number of benzene rings is 1. The van der Waals surface area contributed by atoms with E-state index in [9.17, 15) is 4.79 Å². The summed E-state index contributed by atoms with van der Waals surface area (Å²) in [6.45, 7) is 6.35. The Labute approximate surface area is 135 Å². The van der Waals surface area contributed by atoms with Crippen molar-refractivity contribution in [1.82, 2.24) is 10.3 Å². The minimum Gasteiger partial charge on any atom is -0.300 e. The molecule has 1 aliphatic rings. The topological polar surface area (TPSA) is 44.7 Å². The fourth-order valence-corrected chi connectivity index (χ4v) is 2.54. The second-order valence-corrected chi connectivity index (χ2v) is 6.19. The molecule has 0 aliphatic carbocycles. The molecule has 1 fully saturated rings. The number of likely N-dealkylation sites (tertiary alicyclic amines) is 1. The summed E-state index contributed by atoms with van der Waals surface area (Å²) in [7, 11) is 0. The van der Waals surface area contributed by atoms with Gasteiger partial charge in [0.15, 0.2) is 0 Å². The van der Waals surface area contributed by atoms with Gasteiger partial charge < -0.3 is 4.90 Å². The monoisotopic (exact) mass is 327 g/mol. The zero-order valence-corrected chi connectivity index (χ0v) is 13.7. The smallest absolute Gasteiger partial charge is 0.271 e. The highest BCUT2D eigenvalue weighted by molar-refractivity contribution is 6.42. The van der Waals surface area contributed by atoms with Gasteiger partial charge in [0.2, 0.25) is 0 Å². The molecule has 0 radical (unpaired) electrons. The highest BCUT2D eigenvalue weighted by atomic mass is 35.5. The third-order valence-corrected chi connectivity index (χ3v) is 4.34. The minimum absolute atomic E-state index is 0.271. The number of rotatable bonds is 3. The van der Waals surface area contributed by atoms with Crippen molar-refractivity contribution in [1.29, 1.82) is 0 Å². The van der Waals surface area contributed by atoms with Crippen molar-refractivity contribution in [2.45, 2.75) is 32.7 Å². The van der Waals surface area contributed by atoms with Crippen LogP contribution in [0.4, 0.5) is 0 Å². The first-order chi connectivity index (χ1) is 9.97. The molecule has 21 heavy (non-hydrogen) atoms. The van der Waals surface area contributed by atoms with Gasteiger partial charge in [-0.25, -0.2) is 5.43 Å². The lowest BCUT2D eigenvalue weighted by molar-refractivity contribution is 0.0954. The first-order valence-corrected chi connectivity index (χ1v) is 7.78. The van der Waals surface area contributed by atoms with Gasteiger partial charge in [-0.3, -0.25) is 4.79 Å². The fourth-order valence-electron chi connectivity index (χ4n) is 2.24. The number of nitrogens with one attached hydrogen (secondary N) is 1. The second kappa shape index (κ2) is 7.25. The van der Waals surface area contributed by atoms with Gasteiger partial charge >= 0.3 is 0 Å². The van der Waals surface area contributed by atoms with Gasteiger partial charge in [-0.05, 0) is 32.0 Å². The fraction of sp³-hybridized carbons (Fsp3) is 0.467. The van der Waals surface area contributed by atoms with Crippen molar-refractivity contribution < 1.29 is 4.79 Å². The molecule has 1 aromatic rings. The summed E-state index contributed by atoms with van der Waals surface area (Å²) in [4.78, 5) is 14.4. The van der Waals surface area contributed by atoms with Gasteiger partial charge in [-0.1, -0.05) is 23.2 Å². The first kappa shape index (κ1) is 16.3. The number of amides is 1. The van der Waals surface area contributed by atoms with E-state index in [1.165, 1.54) is 0 Å². The molecule has 1 heterocycles. The van der Waals surface area contributed by atoms with E-state index < -0.39 is 0 Å². The molecule has 114 valence electrons. The molecule has 0 bridgehead atoms. The summed E-state index contributed by atoms with van der Waals surface area (Å²) in [5, 5.41) is 5.01. The molecule has 0 unspecified atom stereocenters. The Hall–Kier alpha value is -1.10. The molecular weight excluding hydrogens is 309 g/mol. The van der Waals surface area contributed by atoms with E-state index in [4.69, 9.17) is 23.2 Å². The molecule has 0 aromatic heterocycles. The molecule has 0 atom stereocenters. The van der Waals surface area contributed by atoms with Crippen LogP contribution in [0.3, 0.4) is 0 Å². The lowest BCUT2D eigenvalue weighted by atomic mass is 10.1. The van der Waals surface area contributed by atoms with Crippen LogP contribution in [0.15, 0.2) is 23.3 Å². The molecule has 1 aromatic carbocycles. The molecule has 1 saturated heterocycles. The molecule has 1 amide bonds. The minimum atomic E-state index is -0.271. The Kier molecular flexibility index (Phi) is 5.62. The normalized spacial score (nSPS) is 16.1. The van der Waals surface area contributed by atoms with Gasteiger partial charge in [-0.2, -0.15) is 5.10 Å². The Balaban J connectivity index is 1.92. The standard InChI is InChI=1S/C15H19Cl2N3O/c1-10(2)20-7-5-12(6-8-20)18-19-15(21)11-3-4-13(16)14(17)9-11/h3-4,9-10H,5-8H2,1-2H3,(H,19,21). The summed E-state index contributed by atoms with van der Waals surface area (Å²) < 4.78 is 0. The van der Waals surface area contributed by atoms with Crippen molar-refractivity contribution >= 4 is 34.8 Å². The van der Waals surface area contributed by atoms with E-state index in [0.717, 1.165) is 31.6 Å². The summed E-state index contributed by atoms with van der Waals surface area (Å²) in [6, 6.07) is 5.33. The van der Waals surface area contributed by atoms with Crippen molar-refractivity contribution in [2.75, 3.05) is 13.1 Å². The van der Waals surface area contributed by atoms with Crippen molar-refractivity contribution in [3.8, 4) is 0 Å². The van der Waals surface area contributed by atoms with Crippen LogP contribution in [0.5, 0.6) is 0 Å². The van der Waals surface area contributed by atoms with E-state index in [2.05, 4.69) is 29.3 Å². The van der Waals surface area contributed by atoms with Gasteiger partial charge in [-0.15, -0.1) is 0 Å². The van der Waals surface area contributed by atoms with Crippen LogP contribution in [-0.2, 0) is 0 Å². The summed E-state index contributed by atoms with van der Waals surface area (Å²) >= 11 is 11.7. The van der Waals surface area contributed by atoms with Crippen LogP contribution in [0.25, 0.3) is 0 Å². The van der Waals surface area contributed by atoms with Gasteiger partial charge in [0, 0.05) is 43.2 Å². The average molecular weight is 328 g/mol. The van der Waals surface area contributed by atoms with E-state index in [1.807, 2.05) is 0 Å².